The molecule has 1 aromatic heterocycles. The maximum atomic E-state index is 13.0. The highest BCUT2D eigenvalue weighted by atomic mass is 79.9. The number of amides is 1. The lowest BCUT2D eigenvalue weighted by atomic mass is 10.1. The second-order valence-corrected chi connectivity index (χ2v) is 7.75. The molecule has 0 spiro atoms. The maximum absolute atomic E-state index is 13.0. The van der Waals surface area contributed by atoms with Crippen molar-refractivity contribution >= 4 is 33.4 Å². The van der Waals surface area contributed by atoms with E-state index in [9.17, 15) is 23.1 Å². The van der Waals surface area contributed by atoms with Crippen molar-refractivity contribution in [3.8, 4) is 0 Å². The molecular weight excluding hydrogens is 399 g/mol. The Balaban J connectivity index is 2.97. The molecule has 0 saturated heterocycles. The van der Waals surface area contributed by atoms with Crippen molar-refractivity contribution in [3.63, 3.8) is 0 Å². The number of thiophene rings is 1. The molecule has 0 fully saturated rings. The zero-order valence-electron chi connectivity index (χ0n) is 13.2. The van der Waals surface area contributed by atoms with Gasteiger partial charge >= 0.3 is 12.3 Å². The maximum Gasteiger partial charge on any atom is 0.425 e. The van der Waals surface area contributed by atoms with Crippen LogP contribution in [0.2, 0.25) is 0 Å². The van der Waals surface area contributed by atoms with Crippen LogP contribution in [-0.2, 0) is 17.3 Å². The molecule has 4 nitrogen and oxygen atoms in total. The minimum atomic E-state index is -4.48. The molecule has 1 amide bonds. The van der Waals surface area contributed by atoms with Crippen LogP contribution in [-0.4, -0.2) is 41.4 Å². The van der Waals surface area contributed by atoms with Gasteiger partial charge in [-0.3, -0.25) is 0 Å². The monoisotopic (exact) mass is 417 g/mol. The van der Waals surface area contributed by atoms with Gasteiger partial charge in [0.15, 0.2) is 0 Å². The van der Waals surface area contributed by atoms with Crippen molar-refractivity contribution in [1.82, 2.24) is 4.90 Å². The van der Waals surface area contributed by atoms with E-state index >= 15 is 0 Å². The first-order valence-corrected chi connectivity index (χ1v) is 8.43. The van der Waals surface area contributed by atoms with Crippen LogP contribution in [0, 0.1) is 0 Å². The van der Waals surface area contributed by atoms with E-state index in [1.807, 2.05) is 0 Å². The number of alkyl halides is 3. The number of hydrogen-bond acceptors (Lipinski definition) is 4. The first-order chi connectivity index (χ1) is 10.4. The summed E-state index contributed by atoms with van der Waals surface area (Å²) in [7, 11) is 1.39. The molecule has 0 bridgehead atoms. The fourth-order valence-corrected chi connectivity index (χ4v) is 3.44. The SMILES string of the molecule is CN(C(=O)OC(C)(C)C)C(CO)Cc1c(Br)csc1C(F)(F)F. The highest BCUT2D eigenvalue weighted by molar-refractivity contribution is 9.10. The topological polar surface area (TPSA) is 49.8 Å². The number of nitrogens with zero attached hydrogens (tertiary/aromatic N) is 1. The molecule has 9 heteroatoms. The van der Waals surface area contributed by atoms with Gasteiger partial charge in [-0.1, -0.05) is 0 Å². The number of likely N-dealkylation sites (N-methyl/N-ethyl adjacent to an activating group) is 1. The summed E-state index contributed by atoms with van der Waals surface area (Å²) in [5, 5.41) is 10.8. The predicted octanol–water partition coefficient (Wildman–Crippen LogP) is 4.30. The minimum absolute atomic E-state index is 0.0250. The highest BCUT2D eigenvalue weighted by Gasteiger charge is 2.37. The zero-order chi connectivity index (χ0) is 18.0. The van der Waals surface area contributed by atoms with E-state index in [1.165, 1.54) is 12.4 Å². The summed E-state index contributed by atoms with van der Waals surface area (Å²) in [6.07, 6.45) is -5.31. The molecule has 0 aliphatic carbocycles. The summed E-state index contributed by atoms with van der Waals surface area (Å²) in [6, 6.07) is -0.822. The summed E-state index contributed by atoms with van der Waals surface area (Å²) in [6.45, 7) is 4.58. The summed E-state index contributed by atoms with van der Waals surface area (Å²) >= 11 is 3.67. The third-order valence-electron chi connectivity index (χ3n) is 2.98. The fraction of sp³-hybridized carbons (Fsp3) is 0.643. The predicted molar refractivity (Wildman–Crippen MR) is 85.6 cm³/mol. The molecule has 0 saturated carbocycles. The Bertz CT molecular complexity index is 554. The van der Waals surface area contributed by atoms with Crippen LogP contribution in [0.4, 0.5) is 18.0 Å². The van der Waals surface area contributed by atoms with Crippen LogP contribution < -0.4 is 0 Å². The van der Waals surface area contributed by atoms with Crippen molar-refractivity contribution in [2.24, 2.45) is 0 Å². The lowest BCUT2D eigenvalue weighted by molar-refractivity contribution is -0.135. The van der Waals surface area contributed by atoms with Crippen LogP contribution in [0.5, 0.6) is 0 Å². The molecule has 132 valence electrons. The second kappa shape index (κ2) is 7.40. The Morgan fingerprint density at radius 2 is 2.00 bits per heavy atom. The molecule has 1 atom stereocenters. The molecule has 1 unspecified atom stereocenters. The van der Waals surface area contributed by atoms with Gasteiger partial charge in [0, 0.05) is 16.9 Å². The number of hydrogen-bond donors (Lipinski definition) is 1. The number of aliphatic hydroxyl groups excluding tert-OH is 1. The summed E-state index contributed by atoms with van der Waals surface area (Å²) in [4.78, 5) is 12.4. The Hall–Kier alpha value is -0.800. The smallest absolute Gasteiger partial charge is 0.425 e. The standard InChI is InChI=1S/C14H19BrF3NO3S/c1-13(2,3)22-12(21)19(4)8(6-20)5-9-10(15)7-23-11(9)14(16,17)18/h7-8,20H,5-6H2,1-4H3. The fourth-order valence-electron chi connectivity index (χ4n) is 1.83. The number of ether oxygens (including phenoxy) is 1. The quantitative estimate of drug-likeness (QED) is 0.794. The molecular formula is C14H19BrF3NO3S. The van der Waals surface area contributed by atoms with E-state index in [1.54, 1.807) is 20.8 Å². The van der Waals surface area contributed by atoms with Crippen LogP contribution >= 0.6 is 27.3 Å². The van der Waals surface area contributed by atoms with Gasteiger partial charge in [-0.2, -0.15) is 13.2 Å². The lowest BCUT2D eigenvalue weighted by Crippen LogP contribution is -2.43. The molecule has 0 aliphatic rings. The Labute approximate surface area is 145 Å². The van der Waals surface area contributed by atoms with Gasteiger partial charge in [-0.05, 0) is 48.7 Å². The number of aliphatic hydroxyl groups is 1. The molecule has 0 radical (unpaired) electrons. The molecule has 23 heavy (non-hydrogen) atoms. The van der Waals surface area contributed by atoms with Crippen molar-refractivity contribution in [3.05, 3.63) is 20.3 Å². The third-order valence-corrected chi connectivity index (χ3v) is 5.06. The molecule has 1 heterocycles. The zero-order valence-corrected chi connectivity index (χ0v) is 15.6. The van der Waals surface area contributed by atoms with Crippen LogP contribution in [0.1, 0.15) is 31.2 Å². The third kappa shape index (κ3) is 5.65. The van der Waals surface area contributed by atoms with Crippen LogP contribution in [0.3, 0.4) is 0 Å². The average Bonchev–Trinajstić information content (AvgIpc) is 2.74. The van der Waals surface area contributed by atoms with Gasteiger partial charge in [0.05, 0.1) is 12.6 Å². The molecule has 1 rings (SSSR count). The molecule has 1 N–H and O–H groups in total. The van der Waals surface area contributed by atoms with E-state index in [2.05, 4.69) is 15.9 Å². The number of halogens is 4. The average molecular weight is 418 g/mol. The normalized spacial score (nSPS) is 13.8. The van der Waals surface area contributed by atoms with Crippen molar-refractivity contribution < 1.29 is 27.8 Å². The van der Waals surface area contributed by atoms with E-state index in [0.29, 0.717) is 15.8 Å². The molecule has 1 aromatic rings. The first kappa shape index (κ1) is 20.2. The summed E-state index contributed by atoms with van der Waals surface area (Å²) in [5.41, 5.74) is -0.706. The summed E-state index contributed by atoms with van der Waals surface area (Å²) < 4.78 is 44.5. The van der Waals surface area contributed by atoms with E-state index in [4.69, 9.17) is 4.74 Å². The van der Waals surface area contributed by atoms with Crippen LogP contribution in [0.25, 0.3) is 0 Å². The first-order valence-electron chi connectivity index (χ1n) is 6.76. The van der Waals surface area contributed by atoms with Crippen LogP contribution in [0.15, 0.2) is 9.85 Å². The number of rotatable bonds is 4. The van der Waals surface area contributed by atoms with Gasteiger partial charge < -0.3 is 14.7 Å². The van der Waals surface area contributed by atoms with Gasteiger partial charge in [-0.25, -0.2) is 4.79 Å². The van der Waals surface area contributed by atoms with Gasteiger partial charge in [-0.15, -0.1) is 11.3 Å². The Morgan fingerprint density at radius 1 is 1.43 bits per heavy atom. The highest BCUT2D eigenvalue weighted by Crippen LogP contribution is 2.40. The summed E-state index contributed by atoms with van der Waals surface area (Å²) in [5.74, 6) is 0. The molecule has 0 aliphatic heterocycles. The number of carbonyl (C=O) groups excluding carboxylic acids is 1. The lowest BCUT2D eigenvalue weighted by Gasteiger charge is -2.30. The van der Waals surface area contributed by atoms with Crippen molar-refractivity contribution in [1.29, 1.82) is 0 Å². The van der Waals surface area contributed by atoms with Crippen molar-refractivity contribution in [2.75, 3.05) is 13.7 Å². The molecule has 0 aromatic carbocycles. The van der Waals surface area contributed by atoms with E-state index < -0.39 is 35.4 Å². The van der Waals surface area contributed by atoms with Crippen molar-refractivity contribution in [2.45, 2.75) is 45.0 Å². The largest absolute Gasteiger partial charge is 0.444 e. The Morgan fingerprint density at radius 3 is 2.43 bits per heavy atom. The Kier molecular flexibility index (Phi) is 6.51. The second-order valence-electron chi connectivity index (χ2n) is 6.02. The number of carbonyl (C=O) groups is 1. The van der Waals surface area contributed by atoms with Gasteiger partial charge in [0.25, 0.3) is 0 Å². The van der Waals surface area contributed by atoms with E-state index in [-0.39, 0.29) is 12.0 Å². The minimum Gasteiger partial charge on any atom is -0.444 e. The van der Waals surface area contributed by atoms with Gasteiger partial charge in [0.1, 0.15) is 10.5 Å². The van der Waals surface area contributed by atoms with Gasteiger partial charge in [0.2, 0.25) is 0 Å². The van der Waals surface area contributed by atoms with E-state index in [0.717, 1.165) is 4.90 Å².